The van der Waals surface area contributed by atoms with Crippen LogP contribution in [0.2, 0.25) is 0 Å². The summed E-state index contributed by atoms with van der Waals surface area (Å²) in [6, 6.07) is 14.1. The number of halogens is 4. The molecule has 41 heavy (non-hydrogen) atoms. The zero-order valence-corrected chi connectivity index (χ0v) is 23.8. The van der Waals surface area contributed by atoms with Crippen molar-refractivity contribution in [3.63, 3.8) is 0 Å². The molecule has 3 N–H and O–H groups in total. The van der Waals surface area contributed by atoms with Crippen LogP contribution in [0.1, 0.15) is 18.1 Å². The number of hydrogen-bond acceptors (Lipinski definition) is 7. The Balaban J connectivity index is 1.63. The number of nitrogens with one attached hydrogen (secondary N) is 3. The normalized spacial score (nSPS) is 11.1. The lowest BCUT2D eigenvalue weighted by Gasteiger charge is -2.16. The van der Waals surface area contributed by atoms with Crippen molar-refractivity contribution in [3.05, 3.63) is 75.4 Å². The summed E-state index contributed by atoms with van der Waals surface area (Å²) in [6.45, 7) is 1.37. The highest BCUT2D eigenvalue weighted by Crippen LogP contribution is 2.35. The van der Waals surface area contributed by atoms with Crippen LogP contribution in [0.15, 0.2) is 65.8 Å². The van der Waals surface area contributed by atoms with E-state index in [1.165, 1.54) is 31.5 Å². The van der Waals surface area contributed by atoms with Crippen molar-refractivity contribution >= 4 is 57.9 Å². The van der Waals surface area contributed by atoms with Gasteiger partial charge in [0.2, 0.25) is 0 Å². The van der Waals surface area contributed by atoms with Crippen molar-refractivity contribution in [2.45, 2.75) is 13.1 Å². The van der Waals surface area contributed by atoms with E-state index in [9.17, 15) is 27.6 Å². The molecule has 0 atom stereocenters. The lowest BCUT2D eigenvalue weighted by Crippen LogP contribution is -2.32. The molecule has 0 aliphatic heterocycles. The van der Waals surface area contributed by atoms with Crippen molar-refractivity contribution in [1.29, 1.82) is 0 Å². The minimum atomic E-state index is -4.64. The summed E-state index contributed by atoms with van der Waals surface area (Å²) in [5.74, 6) is -1.74. The zero-order valence-electron chi connectivity index (χ0n) is 21.7. The second kappa shape index (κ2) is 14.3. The maximum absolute atomic E-state index is 13.2. The number of methoxy groups -OCH3 is 1. The first kappa shape index (κ1) is 31.2. The lowest BCUT2D eigenvalue weighted by atomic mass is 10.1. The fourth-order valence-corrected chi connectivity index (χ4v) is 4.09. The number of alkyl halides is 3. The molecule has 3 amide bonds. The topological polar surface area (TPSA) is 127 Å². The maximum Gasteiger partial charge on any atom is 0.418 e. The summed E-state index contributed by atoms with van der Waals surface area (Å²) in [4.78, 5) is 36.6. The average Bonchev–Trinajstić information content (AvgIpc) is 2.92. The number of para-hydroxylation sites is 1. The molecule has 0 saturated carbocycles. The second-order valence-corrected chi connectivity index (χ2v) is 9.19. The van der Waals surface area contributed by atoms with E-state index in [0.717, 1.165) is 12.1 Å². The van der Waals surface area contributed by atoms with E-state index in [4.69, 9.17) is 14.2 Å². The van der Waals surface area contributed by atoms with E-state index < -0.39 is 36.1 Å². The summed E-state index contributed by atoms with van der Waals surface area (Å²) in [5, 5.41) is 8.43. The van der Waals surface area contributed by atoms with Gasteiger partial charge in [0.15, 0.2) is 18.1 Å². The van der Waals surface area contributed by atoms with Gasteiger partial charge >= 0.3 is 18.0 Å². The third-order valence-electron chi connectivity index (χ3n) is 5.12. The number of rotatable bonds is 10. The van der Waals surface area contributed by atoms with Crippen molar-refractivity contribution in [2.75, 3.05) is 31.0 Å². The predicted molar refractivity (Wildman–Crippen MR) is 153 cm³/mol. The van der Waals surface area contributed by atoms with Crippen LogP contribution >= 0.6 is 22.6 Å². The summed E-state index contributed by atoms with van der Waals surface area (Å²) in [5.41, 5.74) is 1.61. The van der Waals surface area contributed by atoms with Crippen LogP contribution in [0.3, 0.4) is 0 Å². The molecular weight excluding hydrogens is 660 g/mol. The van der Waals surface area contributed by atoms with Crippen LogP contribution in [0.4, 0.5) is 24.5 Å². The van der Waals surface area contributed by atoms with E-state index in [0.29, 0.717) is 20.6 Å². The van der Waals surface area contributed by atoms with Crippen molar-refractivity contribution in [1.82, 2.24) is 5.43 Å². The predicted octanol–water partition coefficient (Wildman–Crippen LogP) is 4.82. The highest BCUT2D eigenvalue weighted by atomic mass is 127. The molecule has 0 aromatic heterocycles. The fraction of sp³-hybridized carbons (Fsp3) is 0.185. The zero-order chi connectivity index (χ0) is 30.0. The Morgan fingerprint density at radius 2 is 1.68 bits per heavy atom. The van der Waals surface area contributed by atoms with Gasteiger partial charge in [0, 0.05) is 5.69 Å². The van der Waals surface area contributed by atoms with Gasteiger partial charge in [-0.1, -0.05) is 12.1 Å². The molecule has 0 unspecified atom stereocenters. The van der Waals surface area contributed by atoms with Crippen LogP contribution in [0.25, 0.3) is 0 Å². The van der Waals surface area contributed by atoms with Crippen molar-refractivity contribution in [2.24, 2.45) is 5.10 Å². The number of benzene rings is 3. The van der Waals surface area contributed by atoms with Crippen molar-refractivity contribution < 1.29 is 41.8 Å². The lowest BCUT2D eigenvalue weighted by molar-refractivity contribution is -0.137. The molecule has 0 fully saturated rings. The number of nitrogens with zero attached hydrogens (tertiary/aromatic N) is 1. The highest BCUT2D eigenvalue weighted by Gasteiger charge is 2.33. The molecule has 0 aliphatic rings. The third kappa shape index (κ3) is 9.09. The third-order valence-corrected chi connectivity index (χ3v) is 5.92. The molecule has 0 spiro atoms. The first-order chi connectivity index (χ1) is 19.5. The highest BCUT2D eigenvalue weighted by molar-refractivity contribution is 14.1. The Morgan fingerprint density at radius 1 is 0.976 bits per heavy atom. The molecule has 3 aromatic rings. The molecule has 0 bridgehead atoms. The van der Waals surface area contributed by atoms with Crippen LogP contribution in [-0.2, 0) is 20.6 Å². The van der Waals surface area contributed by atoms with Gasteiger partial charge in [0.25, 0.3) is 5.91 Å². The number of carbonyl (C=O) groups is 3. The summed E-state index contributed by atoms with van der Waals surface area (Å²) in [6.07, 6.45) is -3.37. The molecule has 14 heteroatoms. The Labute approximate surface area is 246 Å². The minimum absolute atomic E-state index is 0.187. The summed E-state index contributed by atoms with van der Waals surface area (Å²) < 4.78 is 56.3. The van der Waals surface area contributed by atoms with E-state index >= 15 is 0 Å². The van der Waals surface area contributed by atoms with Gasteiger partial charge in [-0.25, -0.2) is 5.43 Å². The smallest absolute Gasteiger partial charge is 0.418 e. The Bertz CT molecular complexity index is 1430. The Hall–Kier alpha value is -4.34. The van der Waals surface area contributed by atoms with Crippen LogP contribution in [0.5, 0.6) is 17.2 Å². The molecule has 10 nitrogen and oxygen atoms in total. The van der Waals surface area contributed by atoms with Gasteiger partial charge in [-0.05, 0) is 83.6 Å². The van der Waals surface area contributed by atoms with Crippen LogP contribution in [0, 0.1) is 3.57 Å². The fourth-order valence-electron chi connectivity index (χ4n) is 3.31. The Kier molecular flexibility index (Phi) is 10.9. The van der Waals surface area contributed by atoms with Gasteiger partial charge < -0.3 is 24.8 Å². The summed E-state index contributed by atoms with van der Waals surface area (Å²) in [7, 11) is 1.50. The molecule has 0 aliphatic carbocycles. The van der Waals surface area contributed by atoms with Crippen LogP contribution < -0.4 is 30.3 Å². The van der Waals surface area contributed by atoms with E-state index in [-0.39, 0.29) is 23.8 Å². The number of hydrazone groups is 1. The van der Waals surface area contributed by atoms with Crippen LogP contribution in [-0.4, -0.2) is 44.3 Å². The monoisotopic (exact) mass is 684 g/mol. The molecule has 0 heterocycles. The number of anilines is 2. The van der Waals surface area contributed by atoms with Gasteiger partial charge in [0.05, 0.1) is 34.8 Å². The average molecular weight is 684 g/mol. The van der Waals surface area contributed by atoms with Gasteiger partial charge in [-0.15, -0.1) is 0 Å². The first-order valence-electron chi connectivity index (χ1n) is 11.9. The van der Waals surface area contributed by atoms with Gasteiger partial charge in [-0.3, -0.25) is 14.4 Å². The maximum atomic E-state index is 13.2. The minimum Gasteiger partial charge on any atom is -0.497 e. The molecule has 0 saturated heterocycles. The molecular formula is C27H24F3IN4O6. The van der Waals surface area contributed by atoms with E-state index in [2.05, 4.69) is 21.2 Å². The molecule has 216 valence electrons. The second-order valence-electron chi connectivity index (χ2n) is 8.02. The number of amides is 3. The first-order valence-corrected chi connectivity index (χ1v) is 12.9. The number of ether oxygens (including phenoxy) is 3. The van der Waals surface area contributed by atoms with E-state index in [1.807, 2.05) is 22.6 Å². The standard InChI is InChI=1S/C27H24F3IN4O6/c1-3-40-22-13-16(14-32-35-26(38)25(37)33-17-8-10-18(39-2)11-9-17)12-20(31)24(22)41-15-23(36)34-21-7-5-4-6-19(21)27(28,29)30/h4-14H,3,15H2,1-2H3,(H,33,37)(H,34,36)(H,35,38)/b32-14-. The SMILES string of the molecule is CCOc1cc(/C=N\NC(=O)C(=O)Nc2ccc(OC)cc2)cc(I)c1OCC(=O)Nc1ccccc1C(F)(F)F. The molecule has 0 radical (unpaired) electrons. The van der Waals surface area contributed by atoms with E-state index in [1.54, 1.807) is 37.3 Å². The number of carbonyl (C=O) groups excluding carboxylic acids is 3. The summed E-state index contributed by atoms with van der Waals surface area (Å²) >= 11 is 1.92. The number of hydrogen-bond donors (Lipinski definition) is 3. The quantitative estimate of drug-likeness (QED) is 0.122. The van der Waals surface area contributed by atoms with Crippen molar-refractivity contribution in [3.8, 4) is 17.2 Å². The largest absolute Gasteiger partial charge is 0.497 e. The van der Waals surface area contributed by atoms with Gasteiger partial charge in [0.1, 0.15) is 5.75 Å². The molecule has 3 aromatic carbocycles. The molecule has 3 rings (SSSR count). The Morgan fingerprint density at radius 3 is 2.34 bits per heavy atom. The van der Waals surface area contributed by atoms with Gasteiger partial charge in [-0.2, -0.15) is 18.3 Å².